The molecule has 5 heteroatoms. The summed E-state index contributed by atoms with van der Waals surface area (Å²) in [5.41, 5.74) is 1.41. The Morgan fingerprint density at radius 3 is 2.70 bits per heavy atom. The lowest BCUT2D eigenvalue weighted by Gasteiger charge is -2.02. The number of benzene rings is 2. The number of fused-ring (bicyclic) bond motifs is 1. The second-order valence-corrected chi connectivity index (χ2v) is 6.20. The van der Waals surface area contributed by atoms with Crippen LogP contribution in [-0.2, 0) is 5.75 Å². The summed E-state index contributed by atoms with van der Waals surface area (Å²) in [6, 6.07) is 15.1. The zero-order chi connectivity index (χ0) is 13.9. The molecule has 3 rings (SSSR count). The molecule has 0 saturated heterocycles. The van der Waals surface area contributed by atoms with Crippen molar-refractivity contribution in [2.75, 3.05) is 0 Å². The summed E-state index contributed by atoms with van der Waals surface area (Å²) in [5.74, 6) is 0.745. The molecular weight excluding hydrogens is 290 g/mol. The van der Waals surface area contributed by atoms with Gasteiger partial charge in [-0.2, -0.15) is 0 Å². The van der Waals surface area contributed by atoms with Crippen LogP contribution in [0.1, 0.15) is 5.56 Å². The van der Waals surface area contributed by atoms with Gasteiger partial charge in [0.05, 0.1) is 9.82 Å². The Labute approximate surface area is 124 Å². The van der Waals surface area contributed by atoms with E-state index in [0.717, 1.165) is 5.75 Å². The van der Waals surface area contributed by atoms with E-state index in [0.29, 0.717) is 4.90 Å². The number of thioether (sulfide) groups is 1. The fourth-order valence-electron chi connectivity index (χ4n) is 2.03. The minimum Gasteiger partial charge on any atom is -0.258 e. The highest BCUT2D eigenvalue weighted by molar-refractivity contribution is 7.98. The Hall–Kier alpha value is -1.85. The molecule has 0 N–H and O–H groups in total. The average Bonchev–Trinajstić information content (AvgIpc) is 2.88. The number of para-hydroxylation sites is 1. The largest absolute Gasteiger partial charge is 0.282 e. The smallest absolute Gasteiger partial charge is 0.258 e. The van der Waals surface area contributed by atoms with E-state index in [2.05, 4.69) is 17.5 Å². The van der Waals surface area contributed by atoms with E-state index in [-0.39, 0.29) is 10.6 Å². The van der Waals surface area contributed by atoms with Gasteiger partial charge < -0.3 is 0 Å². The number of nitro groups is 1. The highest BCUT2D eigenvalue weighted by atomic mass is 32.2. The van der Waals surface area contributed by atoms with E-state index in [1.54, 1.807) is 29.5 Å². The van der Waals surface area contributed by atoms with Gasteiger partial charge in [0, 0.05) is 16.5 Å². The topological polar surface area (TPSA) is 43.1 Å². The second kappa shape index (κ2) is 5.64. The van der Waals surface area contributed by atoms with Crippen LogP contribution in [0.3, 0.4) is 0 Å². The molecule has 2 aromatic carbocycles. The number of hydrogen-bond acceptors (Lipinski definition) is 4. The summed E-state index contributed by atoms with van der Waals surface area (Å²) in [6.07, 6.45) is 0. The zero-order valence-electron chi connectivity index (χ0n) is 10.5. The van der Waals surface area contributed by atoms with Gasteiger partial charge >= 0.3 is 0 Å². The maximum absolute atomic E-state index is 11.0. The van der Waals surface area contributed by atoms with Crippen molar-refractivity contribution in [3.63, 3.8) is 0 Å². The maximum Gasteiger partial charge on any atom is 0.282 e. The first-order chi connectivity index (χ1) is 9.75. The predicted molar refractivity (Wildman–Crippen MR) is 84.5 cm³/mol. The first kappa shape index (κ1) is 13.1. The van der Waals surface area contributed by atoms with E-state index in [4.69, 9.17) is 0 Å². The van der Waals surface area contributed by atoms with Crippen molar-refractivity contribution in [2.24, 2.45) is 0 Å². The number of rotatable bonds is 4. The van der Waals surface area contributed by atoms with Gasteiger partial charge in [0.25, 0.3) is 5.69 Å². The van der Waals surface area contributed by atoms with E-state index in [9.17, 15) is 10.1 Å². The molecule has 20 heavy (non-hydrogen) atoms. The van der Waals surface area contributed by atoms with Crippen LogP contribution in [0.25, 0.3) is 10.1 Å². The van der Waals surface area contributed by atoms with Crippen molar-refractivity contribution in [3.05, 3.63) is 69.6 Å². The van der Waals surface area contributed by atoms with Crippen LogP contribution in [0.15, 0.2) is 58.8 Å². The molecule has 0 bridgehead atoms. The summed E-state index contributed by atoms with van der Waals surface area (Å²) >= 11 is 3.23. The van der Waals surface area contributed by atoms with Crippen molar-refractivity contribution in [1.29, 1.82) is 0 Å². The van der Waals surface area contributed by atoms with Gasteiger partial charge in [0.1, 0.15) is 0 Å². The predicted octanol–water partition coefficient (Wildman–Crippen LogP) is 5.10. The van der Waals surface area contributed by atoms with Crippen molar-refractivity contribution in [2.45, 2.75) is 10.6 Å². The Balaban J connectivity index is 1.85. The molecule has 0 amide bonds. The fourth-order valence-corrected chi connectivity index (χ4v) is 4.11. The van der Waals surface area contributed by atoms with Gasteiger partial charge in [0.2, 0.25) is 0 Å². The number of thiophene rings is 1. The van der Waals surface area contributed by atoms with Crippen LogP contribution in [0.2, 0.25) is 0 Å². The summed E-state index contributed by atoms with van der Waals surface area (Å²) in [4.78, 5) is 11.4. The molecule has 0 aliphatic rings. The van der Waals surface area contributed by atoms with Crippen LogP contribution in [-0.4, -0.2) is 4.92 Å². The Morgan fingerprint density at radius 1 is 1.10 bits per heavy atom. The zero-order valence-corrected chi connectivity index (χ0v) is 12.1. The molecule has 1 heterocycles. The van der Waals surface area contributed by atoms with E-state index < -0.39 is 0 Å². The quantitative estimate of drug-likeness (QED) is 0.382. The van der Waals surface area contributed by atoms with E-state index in [1.165, 1.54) is 27.4 Å². The second-order valence-electron chi connectivity index (χ2n) is 4.27. The third-order valence-electron chi connectivity index (χ3n) is 3.01. The average molecular weight is 301 g/mol. The van der Waals surface area contributed by atoms with Crippen LogP contribution in [0.5, 0.6) is 0 Å². The van der Waals surface area contributed by atoms with Crippen LogP contribution < -0.4 is 0 Å². The molecule has 0 unspecified atom stereocenters. The number of nitro benzene ring substituents is 1. The first-order valence-electron chi connectivity index (χ1n) is 6.07. The lowest BCUT2D eigenvalue weighted by molar-refractivity contribution is -0.387. The monoisotopic (exact) mass is 301 g/mol. The highest BCUT2D eigenvalue weighted by Gasteiger charge is 2.13. The van der Waals surface area contributed by atoms with Crippen molar-refractivity contribution in [3.8, 4) is 0 Å². The van der Waals surface area contributed by atoms with Gasteiger partial charge in [-0.1, -0.05) is 30.3 Å². The molecule has 100 valence electrons. The molecule has 0 aliphatic carbocycles. The molecule has 0 saturated carbocycles. The molecule has 3 nitrogen and oxygen atoms in total. The van der Waals surface area contributed by atoms with Gasteiger partial charge in [0.15, 0.2) is 0 Å². The van der Waals surface area contributed by atoms with Crippen LogP contribution in [0.4, 0.5) is 5.69 Å². The molecule has 3 aromatic rings. The minimum absolute atomic E-state index is 0.178. The van der Waals surface area contributed by atoms with E-state index >= 15 is 0 Å². The molecule has 0 aliphatic heterocycles. The standard InChI is InChI=1S/C15H11NO2S2/c17-16(18)13-6-2-4-8-15(13)20-10-11-9-19-14-7-3-1-5-12(11)14/h1-9H,10H2. The van der Waals surface area contributed by atoms with Crippen molar-refractivity contribution < 1.29 is 4.92 Å². The van der Waals surface area contributed by atoms with Crippen molar-refractivity contribution >= 4 is 38.9 Å². The Bertz CT molecular complexity index is 767. The molecule has 0 atom stereocenters. The summed E-state index contributed by atoms with van der Waals surface area (Å²) in [6.45, 7) is 0. The fraction of sp³-hybridized carbons (Fsp3) is 0.0667. The van der Waals surface area contributed by atoms with Gasteiger partial charge in [-0.3, -0.25) is 10.1 Å². The molecule has 1 aromatic heterocycles. The SMILES string of the molecule is O=[N+]([O-])c1ccccc1SCc1csc2ccccc12. The third-order valence-corrected chi connectivity index (χ3v) is 5.13. The molecular formula is C15H11NO2S2. The van der Waals surface area contributed by atoms with Crippen LogP contribution in [0, 0.1) is 10.1 Å². The lowest BCUT2D eigenvalue weighted by atomic mass is 10.2. The molecule has 0 radical (unpaired) electrons. The van der Waals surface area contributed by atoms with E-state index in [1.807, 2.05) is 18.2 Å². The van der Waals surface area contributed by atoms with Gasteiger partial charge in [-0.15, -0.1) is 23.1 Å². The summed E-state index contributed by atoms with van der Waals surface area (Å²) < 4.78 is 1.26. The highest BCUT2D eigenvalue weighted by Crippen LogP contribution is 2.34. The van der Waals surface area contributed by atoms with Crippen LogP contribution >= 0.6 is 23.1 Å². The molecule has 0 fully saturated rings. The summed E-state index contributed by atoms with van der Waals surface area (Å²) in [7, 11) is 0. The van der Waals surface area contributed by atoms with Gasteiger partial charge in [-0.05, 0) is 28.5 Å². The Morgan fingerprint density at radius 2 is 1.85 bits per heavy atom. The third kappa shape index (κ3) is 2.55. The minimum atomic E-state index is -0.325. The Kier molecular flexibility index (Phi) is 3.71. The van der Waals surface area contributed by atoms with Crippen molar-refractivity contribution in [1.82, 2.24) is 0 Å². The number of hydrogen-bond donors (Lipinski definition) is 0. The number of nitrogens with zero attached hydrogens (tertiary/aromatic N) is 1. The first-order valence-corrected chi connectivity index (χ1v) is 7.93. The maximum atomic E-state index is 11.0. The van der Waals surface area contributed by atoms with Gasteiger partial charge in [-0.25, -0.2) is 0 Å². The lowest BCUT2D eigenvalue weighted by Crippen LogP contribution is -1.90. The summed E-state index contributed by atoms with van der Waals surface area (Å²) in [5, 5.41) is 14.4. The normalized spacial score (nSPS) is 10.8. The molecule has 0 spiro atoms.